The minimum absolute atomic E-state index is 0.116. The quantitative estimate of drug-likeness (QED) is 0.780. The summed E-state index contributed by atoms with van der Waals surface area (Å²) in [7, 11) is 3.23. The van der Waals surface area contributed by atoms with E-state index in [0.29, 0.717) is 5.69 Å². The molecule has 0 saturated carbocycles. The molecule has 1 aromatic heterocycles. The first-order chi connectivity index (χ1) is 6.93. The molecule has 1 N–H and O–H groups in total. The lowest BCUT2D eigenvalue weighted by molar-refractivity contribution is 0.0693. The smallest absolute Gasteiger partial charge is 0.337 e. The van der Waals surface area contributed by atoms with E-state index in [1.165, 1.54) is 17.0 Å². The molecular formula is C10H12N2O3. The molecule has 0 fully saturated rings. The molecule has 0 spiro atoms. The second-order valence-corrected chi connectivity index (χ2v) is 3.33. The van der Waals surface area contributed by atoms with Crippen LogP contribution in [-0.4, -0.2) is 41.0 Å². The van der Waals surface area contributed by atoms with E-state index < -0.39 is 5.97 Å². The molecule has 0 aromatic carbocycles. The van der Waals surface area contributed by atoms with Crippen LogP contribution in [0, 0.1) is 6.92 Å². The number of carbonyl (C=O) groups is 2. The molecule has 1 heterocycles. The third-order valence-corrected chi connectivity index (χ3v) is 1.94. The molecule has 80 valence electrons. The van der Waals surface area contributed by atoms with Crippen LogP contribution < -0.4 is 0 Å². The Morgan fingerprint density at radius 1 is 1.33 bits per heavy atom. The number of aromatic nitrogens is 1. The maximum absolute atomic E-state index is 11.5. The fourth-order valence-electron chi connectivity index (χ4n) is 1.14. The molecule has 0 bridgehead atoms. The van der Waals surface area contributed by atoms with Gasteiger partial charge in [0.15, 0.2) is 0 Å². The maximum atomic E-state index is 11.5. The number of carboxylic acids is 1. The number of hydrogen-bond donors (Lipinski definition) is 1. The fourth-order valence-corrected chi connectivity index (χ4v) is 1.14. The van der Waals surface area contributed by atoms with Gasteiger partial charge in [-0.2, -0.15) is 0 Å². The number of aromatic carboxylic acids is 1. The molecule has 5 heteroatoms. The Bertz CT molecular complexity index is 413. The van der Waals surface area contributed by atoms with Crippen LogP contribution in [0.15, 0.2) is 12.1 Å². The van der Waals surface area contributed by atoms with Gasteiger partial charge in [0.05, 0.1) is 11.3 Å². The Labute approximate surface area is 87.4 Å². The van der Waals surface area contributed by atoms with E-state index in [1.54, 1.807) is 21.0 Å². The topological polar surface area (TPSA) is 70.5 Å². The minimum atomic E-state index is -1.04. The Morgan fingerprint density at radius 2 is 1.93 bits per heavy atom. The van der Waals surface area contributed by atoms with Gasteiger partial charge < -0.3 is 10.0 Å². The summed E-state index contributed by atoms with van der Waals surface area (Å²) < 4.78 is 0. The number of carbonyl (C=O) groups excluding carboxylic acids is 1. The number of nitrogens with zero attached hydrogens (tertiary/aromatic N) is 2. The number of hydrogen-bond acceptors (Lipinski definition) is 3. The van der Waals surface area contributed by atoms with Gasteiger partial charge in [-0.3, -0.25) is 4.79 Å². The number of carboxylic acid groups (broad SMARTS) is 1. The van der Waals surface area contributed by atoms with Gasteiger partial charge in [-0.1, -0.05) is 0 Å². The summed E-state index contributed by atoms with van der Waals surface area (Å²) in [4.78, 5) is 27.5. The van der Waals surface area contributed by atoms with Crippen LogP contribution in [0.4, 0.5) is 0 Å². The van der Waals surface area contributed by atoms with E-state index >= 15 is 0 Å². The molecule has 0 aliphatic carbocycles. The van der Waals surface area contributed by atoms with Crippen molar-refractivity contribution in [3.8, 4) is 0 Å². The highest BCUT2D eigenvalue weighted by Crippen LogP contribution is 2.07. The van der Waals surface area contributed by atoms with Crippen LogP contribution >= 0.6 is 0 Å². The van der Waals surface area contributed by atoms with Gasteiger partial charge >= 0.3 is 5.97 Å². The van der Waals surface area contributed by atoms with Gasteiger partial charge in [-0.25, -0.2) is 9.78 Å². The lowest BCUT2D eigenvalue weighted by Crippen LogP contribution is -2.23. The first kappa shape index (κ1) is 11.2. The van der Waals surface area contributed by atoms with Crippen molar-refractivity contribution in [3.63, 3.8) is 0 Å². The fraction of sp³-hybridized carbons (Fsp3) is 0.300. The molecule has 1 rings (SSSR count). The van der Waals surface area contributed by atoms with Gasteiger partial charge in [0.2, 0.25) is 0 Å². The van der Waals surface area contributed by atoms with Crippen LogP contribution in [0.2, 0.25) is 0 Å². The molecule has 0 aliphatic heterocycles. The molecular weight excluding hydrogens is 196 g/mol. The number of amides is 1. The molecule has 0 aliphatic rings. The Morgan fingerprint density at radius 3 is 2.33 bits per heavy atom. The van der Waals surface area contributed by atoms with Gasteiger partial charge in [0, 0.05) is 14.1 Å². The minimum Gasteiger partial charge on any atom is -0.478 e. The van der Waals surface area contributed by atoms with E-state index in [-0.39, 0.29) is 17.2 Å². The summed E-state index contributed by atoms with van der Waals surface area (Å²) >= 11 is 0. The first-order valence-electron chi connectivity index (χ1n) is 4.36. The molecule has 0 radical (unpaired) electrons. The van der Waals surface area contributed by atoms with E-state index in [9.17, 15) is 9.59 Å². The summed E-state index contributed by atoms with van der Waals surface area (Å²) in [5.41, 5.74) is 0.711. The molecule has 0 saturated heterocycles. The molecule has 15 heavy (non-hydrogen) atoms. The zero-order valence-electron chi connectivity index (χ0n) is 8.81. The van der Waals surface area contributed by atoms with Crippen molar-refractivity contribution in [2.24, 2.45) is 0 Å². The highest BCUT2D eigenvalue weighted by Gasteiger charge is 2.13. The van der Waals surface area contributed by atoms with Crippen molar-refractivity contribution < 1.29 is 14.7 Å². The van der Waals surface area contributed by atoms with Crippen molar-refractivity contribution in [1.29, 1.82) is 0 Å². The van der Waals surface area contributed by atoms with Gasteiger partial charge in [-0.15, -0.1) is 0 Å². The van der Waals surface area contributed by atoms with E-state index in [1.807, 2.05) is 0 Å². The summed E-state index contributed by atoms with van der Waals surface area (Å²) in [6.07, 6.45) is 0. The van der Waals surface area contributed by atoms with Gasteiger partial charge in [-0.05, 0) is 19.1 Å². The number of rotatable bonds is 2. The SMILES string of the molecule is Cc1nc(C(=O)N(C)C)ccc1C(=O)O. The summed E-state index contributed by atoms with van der Waals surface area (Å²) in [6, 6.07) is 2.81. The van der Waals surface area contributed by atoms with Crippen LogP contribution in [-0.2, 0) is 0 Å². The standard InChI is InChI=1S/C10H12N2O3/c1-6-7(10(14)15)4-5-8(11-6)9(13)12(2)3/h4-5H,1-3H3,(H,14,15). The highest BCUT2D eigenvalue weighted by atomic mass is 16.4. The van der Waals surface area contributed by atoms with E-state index in [0.717, 1.165) is 0 Å². The van der Waals surface area contributed by atoms with Crippen LogP contribution in [0.3, 0.4) is 0 Å². The lowest BCUT2D eigenvalue weighted by atomic mass is 10.2. The molecule has 0 unspecified atom stereocenters. The van der Waals surface area contributed by atoms with E-state index in [4.69, 9.17) is 5.11 Å². The third-order valence-electron chi connectivity index (χ3n) is 1.94. The van der Waals surface area contributed by atoms with Crippen LogP contribution in [0.5, 0.6) is 0 Å². The molecule has 0 atom stereocenters. The van der Waals surface area contributed by atoms with Gasteiger partial charge in [0.1, 0.15) is 5.69 Å². The average molecular weight is 208 g/mol. The summed E-state index contributed by atoms with van der Waals surface area (Å²) in [6.45, 7) is 1.57. The van der Waals surface area contributed by atoms with Crippen molar-refractivity contribution >= 4 is 11.9 Å². The highest BCUT2D eigenvalue weighted by molar-refractivity contribution is 5.94. The summed E-state index contributed by atoms with van der Waals surface area (Å²) in [5, 5.41) is 8.77. The Hall–Kier alpha value is -1.91. The monoisotopic (exact) mass is 208 g/mol. The Kier molecular flexibility index (Phi) is 3.04. The largest absolute Gasteiger partial charge is 0.478 e. The second-order valence-electron chi connectivity index (χ2n) is 3.33. The number of pyridine rings is 1. The first-order valence-corrected chi connectivity index (χ1v) is 4.36. The molecule has 1 aromatic rings. The molecule has 1 amide bonds. The Balaban J connectivity index is 3.12. The van der Waals surface area contributed by atoms with Gasteiger partial charge in [0.25, 0.3) is 5.91 Å². The van der Waals surface area contributed by atoms with E-state index in [2.05, 4.69) is 4.98 Å². The predicted octanol–water partition coefficient (Wildman–Crippen LogP) is 0.790. The predicted molar refractivity (Wildman–Crippen MR) is 54.0 cm³/mol. The van der Waals surface area contributed by atoms with Crippen molar-refractivity contribution in [2.75, 3.05) is 14.1 Å². The third kappa shape index (κ3) is 2.31. The zero-order valence-corrected chi connectivity index (χ0v) is 8.81. The summed E-state index contributed by atoms with van der Waals surface area (Å²) in [5.74, 6) is -1.28. The maximum Gasteiger partial charge on any atom is 0.337 e. The lowest BCUT2D eigenvalue weighted by Gasteiger charge is -2.10. The second kappa shape index (κ2) is 4.08. The van der Waals surface area contributed by atoms with Crippen LogP contribution in [0.25, 0.3) is 0 Å². The van der Waals surface area contributed by atoms with Crippen LogP contribution in [0.1, 0.15) is 26.5 Å². The zero-order chi connectivity index (χ0) is 11.6. The van der Waals surface area contributed by atoms with Crippen molar-refractivity contribution in [2.45, 2.75) is 6.92 Å². The average Bonchev–Trinajstić information content (AvgIpc) is 2.15. The number of aryl methyl sites for hydroxylation is 1. The van der Waals surface area contributed by atoms with Crippen molar-refractivity contribution in [1.82, 2.24) is 9.88 Å². The molecule has 5 nitrogen and oxygen atoms in total. The normalized spacial score (nSPS) is 9.80. The van der Waals surface area contributed by atoms with Crippen molar-refractivity contribution in [3.05, 3.63) is 29.1 Å².